The van der Waals surface area contributed by atoms with Crippen molar-refractivity contribution in [2.24, 2.45) is 5.10 Å². The number of non-ortho nitro benzene ring substituents is 1. The molecule has 0 unspecified atom stereocenters. The lowest BCUT2D eigenvalue weighted by Gasteiger charge is -2.13. The van der Waals surface area contributed by atoms with E-state index in [1.54, 1.807) is 36.4 Å². The van der Waals surface area contributed by atoms with Crippen LogP contribution in [-0.2, 0) is 4.79 Å². The second-order valence-corrected chi connectivity index (χ2v) is 10.2. The van der Waals surface area contributed by atoms with Crippen molar-refractivity contribution in [3.8, 4) is 11.5 Å². The Labute approximate surface area is 269 Å². The predicted octanol–water partition coefficient (Wildman–Crippen LogP) is 5.46. The molecule has 0 saturated heterocycles. The highest BCUT2D eigenvalue weighted by molar-refractivity contribution is 6.34. The molecule has 13 heteroatoms. The fourth-order valence-corrected chi connectivity index (χ4v) is 4.20. The molecule has 2 N–H and O–H groups in total. The van der Waals surface area contributed by atoms with Gasteiger partial charge >= 0.3 is 5.97 Å². The van der Waals surface area contributed by atoms with Gasteiger partial charge in [-0.2, -0.15) is 5.10 Å². The summed E-state index contributed by atoms with van der Waals surface area (Å²) in [6.07, 6.45) is 2.85. The molecule has 0 aliphatic heterocycles. The first-order valence-electron chi connectivity index (χ1n) is 13.6. The van der Waals surface area contributed by atoms with E-state index >= 15 is 0 Å². The molecule has 0 aliphatic carbocycles. The number of hydrogen-bond acceptors (Lipinski definition) is 9. The Morgan fingerprint density at radius 1 is 0.913 bits per heavy atom. The Morgan fingerprint density at radius 3 is 2.22 bits per heavy atom. The van der Waals surface area contributed by atoms with Gasteiger partial charge in [0.05, 0.1) is 34.4 Å². The second kappa shape index (κ2) is 15.1. The molecule has 0 saturated carbocycles. The van der Waals surface area contributed by atoms with Gasteiger partial charge in [-0.3, -0.25) is 19.7 Å². The molecule has 0 spiro atoms. The van der Waals surface area contributed by atoms with Gasteiger partial charge in [-0.1, -0.05) is 35.9 Å². The van der Waals surface area contributed by atoms with Crippen LogP contribution >= 0.6 is 11.6 Å². The third kappa shape index (κ3) is 8.55. The number of nitrogens with one attached hydrogen (secondary N) is 2. The third-order valence-corrected chi connectivity index (χ3v) is 6.75. The minimum Gasteiger partial charge on any atom is -0.493 e. The summed E-state index contributed by atoms with van der Waals surface area (Å²) in [7, 11) is 5.19. The van der Waals surface area contributed by atoms with Crippen LogP contribution in [0.5, 0.6) is 11.5 Å². The molecule has 4 rings (SSSR count). The number of hydrazone groups is 1. The van der Waals surface area contributed by atoms with Crippen LogP contribution in [0.15, 0.2) is 102 Å². The number of hydrogen-bond donors (Lipinski definition) is 2. The average molecular weight is 642 g/mol. The Hall–Kier alpha value is -6.01. The van der Waals surface area contributed by atoms with E-state index in [1.165, 1.54) is 61.9 Å². The van der Waals surface area contributed by atoms with Gasteiger partial charge < -0.3 is 19.7 Å². The lowest BCUT2D eigenvalue weighted by atomic mass is 10.1. The molecule has 4 aromatic rings. The van der Waals surface area contributed by atoms with Crippen molar-refractivity contribution in [1.29, 1.82) is 0 Å². The lowest BCUT2D eigenvalue weighted by molar-refractivity contribution is -0.384. The monoisotopic (exact) mass is 641 g/mol. The van der Waals surface area contributed by atoms with Crippen molar-refractivity contribution >= 4 is 53.0 Å². The maximum Gasteiger partial charge on any atom is 0.343 e. The number of methoxy groups -OCH3 is 1. The molecule has 0 radical (unpaired) electrons. The molecule has 0 atom stereocenters. The van der Waals surface area contributed by atoms with Crippen molar-refractivity contribution in [3.05, 3.63) is 134 Å². The van der Waals surface area contributed by atoms with Crippen LogP contribution in [0.3, 0.4) is 0 Å². The largest absolute Gasteiger partial charge is 0.493 e. The summed E-state index contributed by atoms with van der Waals surface area (Å²) in [5.74, 6) is -1.73. The molecule has 0 aromatic heterocycles. The lowest BCUT2D eigenvalue weighted by Crippen LogP contribution is -2.33. The number of carbonyl (C=O) groups is 3. The zero-order valence-electron chi connectivity index (χ0n) is 24.9. The number of benzene rings is 4. The highest BCUT2D eigenvalue weighted by atomic mass is 35.5. The number of carbonyl (C=O) groups excluding carboxylic acids is 3. The Balaban J connectivity index is 1.49. The fraction of sp³-hybridized carbons (Fsp3) is 0.0909. The standard InChI is InChI=1S/C33H28ClN5O7/c1-38(2)24-13-8-21(9-14-24)18-28(36-31(40)26-6-4-5-7-27(26)34)32(41)37-35-20-22-10-17-29(30(19-22)45-3)46-33(42)23-11-15-25(16-12-23)39(43)44/h4-20H,1-3H3,(H,36,40)(H,37,41)/b28-18+,35-20+. The minimum atomic E-state index is -0.739. The van der Waals surface area contributed by atoms with Gasteiger partial charge in [0.1, 0.15) is 5.70 Å². The molecule has 0 fully saturated rings. The van der Waals surface area contributed by atoms with Crippen LogP contribution in [0.1, 0.15) is 31.8 Å². The van der Waals surface area contributed by atoms with Gasteiger partial charge in [0, 0.05) is 31.9 Å². The van der Waals surface area contributed by atoms with Crippen molar-refractivity contribution in [2.75, 3.05) is 26.1 Å². The molecule has 2 amide bonds. The van der Waals surface area contributed by atoms with Crippen LogP contribution in [0, 0.1) is 10.1 Å². The van der Waals surface area contributed by atoms with Crippen LogP contribution in [0.2, 0.25) is 5.02 Å². The van der Waals surface area contributed by atoms with Gasteiger partial charge in [-0.05, 0) is 71.8 Å². The smallest absolute Gasteiger partial charge is 0.343 e. The van der Waals surface area contributed by atoms with Crippen LogP contribution in [0.4, 0.5) is 11.4 Å². The number of nitro groups is 1. The number of halogens is 1. The minimum absolute atomic E-state index is 0.0780. The third-order valence-electron chi connectivity index (χ3n) is 6.42. The summed E-state index contributed by atoms with van der Waals surface area (Å²) in [4.78, 5) is 50.9. The highest BCUT2D eigenvalue weighted by Gasteiger charge is 2.17. The van der Waals surface area contributed by atoms with E-state index in [0.29, 0.717) is 11.1 Å². The Kier molecular flexibility index (Phi) is 10.8. The number of nitro benzene ring substituents is 1. The van der Waals surface area contributed by atoms with Crippen molar-refractivity contribution in [1.82, 2.24) is 10.7 Å². The van der Waals surface area contributed by atoms with Crippen LogP contribution < -0.4 is 25.1 Å². The maximum atomic E-state index is 13.2. The van der Waals surface area contributed by atoms with Gasteiger partial charge in [0.15, 0.2) is 11.5 Å². The molecular formula is C33H28ClN5O7. The number of anilines is 1. The van der Waals surface area contributed by atoms with Gasteiger partial charge in [-0.15, -0.1) is 0 Å². The summed E-state index contributed by atoms with van der Waals surface area (Å²) in [5.41, 5.74) is 4.56. The summed E-state index contributed by atoms with van der Waals surface area (Å²) in [5, 5.41) is 17.7. The molecule has 46 heavy (non-hydrogen) atoms. The summed E-state index contributed by atoms with van der Waals surface area (Å²) < 4.78 is 10.7. The number of esters is 1. The molecule has 0 bridgehead atoms. The highest BCUT2D eigenvalue weighted by Crippen LogP contribution is 2.28. The maximum absolute atomic E-state index is 13.2. The Morgan fingerprint density at radius 2 is 1.59 bits per heavy atom. The van der Waals surface area contributed by atoms with Gasteiger partial charge in [0.25, 0.3) is 17.5 Å². The van der Waals surface area contributed by atoms with Gasteiger partial charge in [0.2, 0.25) is 0 Å². The molecule has 4 aromatic carbocycles. The number of rotatable bonds is 11. The van der Waals surface area contributed by atoms with E-state index in [2.05, 4.69) is 15.8 Å². The Bertz CT molecular complexity index is 1820. The van der Waals surface area contributed by atoms with Gasteiger partial charge in [-0.25, -0.2) is 10.2 Å². The van der Waals surface area contributed by atoms with Crippen LogP contribution in [0.25, 0.3) is 6.08 Å². The van der Waals surface area contributed by atoms with E-state index in [9.17, 15) is 24.5 Å². The quantitative estimate of drug-likeness (QED) is 0.0547. The zero-order chi connectivity index (χ0) is 33.2. The van der Waals surface area contributed by atoms with Crippen molar-refractivity contribution < 1.29 is 28.8 Å². The molecule has 12 nitrogen and oxygen atoms in total. The van der Waals surface area contributed by atoms with E-state index in [0.717, 1.165) is 5.69 Å². The summed E-state index contributed by atoms with van der Waals surface area (Å²) in [6, 6.07) is 23.3. The zero-order valence-corrected chi connectivity index (χ0v) is 25.6. The fourth-order valence-electron chi connectivity index (χ4n) is 3.98. The SMILES string of the molecule is COc1cc(/C=N/NC(=O)/C(=C\c2ccc(N(C)C)cc2)NC(=O)c2ccccc2Cl)ccc1OC(=O)c1ccc([N+](=O)[O-])cc1. The molecule has 234 valence electrons. The van der Waals surface area contributed by atoms with E-state index in [-0.39, 0.29) is 39.0 Å². The molecule has 0 heterocycles. The second-order valence-electron chi connectivity index (χ2n) is 9.78. The molecular weight excluding hydrogens is 614 g/mol. The summed E-state index contributed by atoms with van der Waals surface area (Å²) >= 11 is 6.18. The van der Waals surface area contributed by atoms with Crippen molar-refractivity contribution in [3.63, 3.8) is 0 Å². The van der Waals surface area contributed by atoms with E-state index < -0.39 is 22.7 Å². The normalized spacial score (nSPS) is 11.1. The topological polar surface area (TPSA) is 152 Å². The number of nitrogens with zero attached hydrogens (tertiary/aromatic N) is 3. The summed E-state index contributed by atoms with van der Waals surface area (Å²) in [6.45, 7) is 0. The van der Waals surface area contributed by atoms with E-state index in [4.69, 9.17) is 21.1 Å². The van der Waals surface area contributed by atoms with Crippen LogP contribution in [-0.4, -0.2) is 50.1 Å². The van der Waals surface area contributed by atoms with Crippen molar-refractivity contribution in [2.45, 2.75) is 0 Å². The molecule has 0 aliphatic rings. The van der Waals surface area contributed by atoms with E-state index in [1.807, 2.05) is 31.1 Å². The number of ether oxygens (including phenoxy) is 2. The predicted molar refractivity (Wildman–Crippen MR) is 174 cm³/mol. The first kappa shape index (κ1) is 32.9. The number of amides is 2. The average Bonchev–Trinajstić information content (AvgIpc) is 3.05. The first-order chi connectivity index (χ1) is 22.0. The first-order valence-corrected chi connectivity index (χ1v) is 14.0.